The summed E-state index contributed by atoms with van der Waals surface area (Å²) >= 11 is 0. The van der Waals surface area contributed by atoms with Gasteiger partial charge < -0.3 is 10.2 Å². The van der Waals surface area contributed by atoms with Crippen molar-refractivity contribution in [2.45, 2.75) is 25.3 Å². The number of amides is 2. The average molecular weight is 400 g/mol. The van der Waals surface area contributed by atoms with Crippen LogP contribution in [0.5, 0.6) is 0 Å². The molecule has 0 saturated carbocycles. The molecule has 0 radical (unpaired) electrons. The minimum atomic E-state index is -0.602. The maximum absolute atomic E-state index is 13.4. The number of rotatable bonds is 5. The summed E-state index contributed by atoms with van der Waals surface area (Å²) in [7, 11) is 0. The number of carbonyl (C=O) groups is 2. The fourth-order valence-electron chi connectivity index (χ4n) is 4.70. The molecule has 2 heterocycles. The zero-order valence-corrected chi connectivity index (χ0v) is 16.7. The molecule has 2 aliphatic rings. The van der Waals surface area contributed by atoms with Crippen LogP contribution in [0.15, 0.2) is 67.0 Å². The summed E-state index contributed by atoms with van der Waals surface area (Å²) in [5.41, 5.74) is 3.65. The lowest BCUT2D eigenvalue weighted by molar-refractivity contribution is -0.140. The molecule has 0 unspecified atom stereocenters. The molecule has 1 saturated heterocycles. The summed E-state index contributed by atoms with van der Waals surface area (Å²) in [4.78, 5) is 27.9. The fraction of sp³-hybridized carbons (Fsp3) is 0.292. The van der Waals surface area contributed by atoms with Crippen LogP contribution < -0.4 is 5.32 Å². The number of nitrogens with zero attached hydrogens (tertiary/aromatic N) is 2. The lowest BCUT2D eigenvalue weighted by Crippen LogP contribution is -2.66. The quantitative estimate of drug-likeness (QED) is 0.690. The number of aromatic nitrogens is 2. The summed E-state index contributed by atoms with van der Waals surface area (Å²) in [6, 6.07) is 18.5. The third-order valence-electron chi connectivity index (χ3n) is 6.27. The van der Waals surface area contributed by atoms with Gasteiger partial charge in [0, 0.05) is 25.3 Å². The molecule has 152 valence electrons. The predicted octanol–water partition coefficient (Wildman–Crippen LogP) is 2.38. The van der Waals surface area contributed by atoms with Crippen LogP contribution in [0, 0.1) is 5.41 Å². The van der Waals surface area contributed by atoms with Gasteiger partial charge in [0.1, 0.15) is 0 Å². The monoisotopic (exact) mass is 400 g/mol. The topological polar surface area (TPSA) is 78.1 Å². The molecule has 2 N–H and O–H groups in total. The van der Waals surface area contributed by atoms with Gasteiger partial charge in [-0.25, -0.2) is 0 Å². The largest absolute Gasteiger partial charge is 0.352 e. The van der Waals surface area contributed by atoms with Crippen LogP contribution in [0.4, 0.5) is 0 Å². The summed E-state index contributed by atoms with van der Waals surface area (Å²) in [6.45, 7) is 0.828. The van der Waals surface area contributed by atoms with E-state index in [1.165, 1.54) is 17.3 Å². The Kier molecular flexibility index (Phi) is 4.62. The third-order valence-corrected chi connectivity index (χ3v) is 6.27. The SMILES string of the molecule is O=C(c1cn[nH]c1)N1CC(Cc2ccccc2)(C(=O)NC2Cc3ccccc3C2)C1. The van der Waals surface area contributed by atoms with E-state index < -0.39 is 5.41 Å². The first-order valence-electron chi connectivity index (χ1n) is 10.3. The van der Waals surface area contributed by atoms with Crippen molar-refractivity contribution >= 4 is 11.8 Å². The first-order valence-corrected chi connectivity index (χ1v) is 10.3. The summed E-state index contributed by atoms with van der Waals surface area (Å²) in [5.74, 6) is -0.0473. The van der Waals surface area contributed by atoms with Gasteiger partial charge in [-0.3, -0.25) is 14.7 Å². The van der Waals surface area contributed by atoms with Gasteiger partial charge in [-0.05, 0) is 36.0 Å². The molecule has 5 rings (SSSR count). The summed E-state index contributed by atoms with van der Waals surface area (Å²) in [5, 5.41) is 9.82. The summed E-state index contributed by atoms with van der Waals surface area (Å²) in [6.07, 6.45) is 5.46. The molecular weight excluding hydrogens is 376 g/mol. The zero-order valence-electron chi connectivity index (χ0n) is 16.7. The molecule has 2 amide bonds. The van der Waals surface area contributed by atoms with E-state index in [1.807, 2.05) is 42.5 Å². The van der Waals surface area contributed by atoms with Crippen molar-refractivity contribution in [3.05, 3.63) is 89.2 Å². The maximum atomic E-state index is 13.4. The van der Waals surface area contributed by atoms with Gasteiger partial charge in [-0.1, -0.05) is 54.6 Å². The molecule has 1 aliphatic heterocycles. The molecule has 30 heavy (non-hydrogen) atoms. The van der Waals surface area contributed by atoms with Crippen LogP contribution in [0.3, 0.4) is 0 Å². The third kappa shape index (κ3) is 3.38. The Morgan fingerprint density at radius 2 is 1.70 bits per heavy atom. The minimum absolute atomic E-state index is 0.0420. The second kappa shape index (κ2) is 7.44. The van der Waals surface area contributed by atoms with Gasteiger partial charge in [-0.2, -0.15) is 5.10 Å². The number of hydrogen-bond donors (Lipinski definition) is 2. The van der Waals surface area contributed by atoms with Crippen LogP contribution in [-0.4, -0.2) is 46.0 Å². The number of fused-ring (bicyclic) bond motifs is 1. The van der Waals surface area contributed by atoms with E-state index in [9.17, 15) is 9.59 Å². The van der Waals surface area contributed by atoms with E-state index >= 15 is 0 Å². The Hall–Kier alpha value is -3.41. The van der Waals surface area contributed by atoms with E-state index in [1.54, 1.807) is 11.1 Å². The van der Waals surface area contributed by atoms with E-state index in [0.29, 0.717) is 25.1 Å². The molecule has 0 bridgehead atoms. The standard InChI is InChI=1S/C24H24N4O2/c29-22(20-13-25-26-14-20)28-15-24(16-28,12-17-6-2-1-3-7-17)23(30)27-21-10-18-8-4-5-9-19(18)11-21/h1-9,13-14,21H,10-12,15-16H2,(H,25,26)(H,27,30). The Bertz CT molecular complexity index is 1030. The van der Waals surface area contributed by atoms with E-state index in [0.717, 1.165) is 18.4 Å². The predicted molar refractivity (Wildman–Crippen MR) is 113 cm³/mol. The van der Waals surface area contributed by atoms with Crippen molar-refractivity contribution in [2.24, 2.45) is 5.41 Å². The van der Waals surface area contributed by atoms with Crippen molar-refractivity contribution in [3.8, 4) is 0 Å². The number of nitrogens with one attached hydrogen (secondary N) is 2. The van der Waals surface area contributed by atoms with Gasteiger partial charge in [-0.15, -0.1) is 0 Å². The number of benzene rings is 2. The zero-order chi connectivity index (χ0) is 20.6. The molecule has 0 spiro atoms. The Morgan fingerprint density at radius 1 is 1.03 bits per heavy atom. The molecule has 0 atom stereocenters. The fourth-order valence-corrected chi connectivity index (χ4v) is 4.70. The molecule has 2 aromatic carbocycles. The van der Waals surface area contributed by atoms with Crippen molar-refractivity contribution in [1.29, 1.82) is 0 Å². The molecular formula is C24H24N4O2. The van der Waals surface area contributed by atoms with Crippen molar-refractivity contribution in [1.82, 2.24) is 20.4 Å². The van der Waals surface area contributed by atoms with Gasteiger partial charge >= 0.3 is 0 Å². The number of likely N-dealkylation sites (tertiary alicyclic amines) is 1. The number of hydrogen-bond acceptors (Lipinski definition) is 3. The molecule has 6 nitrogen and oxygen atoms in total. The normalized spacial score (nSPS) is 17.3. The van der Waals surface area contributed by atoms with Crippen LogP contribution in [-0.2, 0) is 24.1 Å². The summed E-state index contributed by atoms with van der Waals surface area (Å²) < 4.78 is 0. The maximum Gasteiger partial charge on any atom is 0.257 e. The van der Waals surface area contributed by atoms with Crippen LogP contribution >= 0.6 is 0 Å². The second-order valence-electron chi connectivity index (χ2n) is 8.44. The number of H-pyrrole nitrogens is 1. The minimum Gasteiger partial charge on any atom is -0.352 e. The van der Waals surface area contributed by atoms with E-state index in [2.05, 4.69) is 27.6 Å². The van der Waals surface area contributed by atoms with Crippen molar-refractivity contribution < 1.29 is 9.59 Å². The number of aromatic amines is 1. The highest BCUT2D eigenvalue weighted by Crippen LogP contribution is 2.36. The first kappa shape index (κ1) is 18.6. The Balaban J connectivity index is 1.32. The smallest absolute Gasteiger partial charge is 0.257 e. The van der Waals surface area contributed by atoms with E-state index in [4.69, 9.17) is 0 Å². The number of carbonyl (C=O) groups excluding carboxylic acids is 2. The average Bonchev–Trinajstić information content (AvgIpc) is 3.40. The molecule has 3 aromatic rings. The van der Waals surface area contributed by atoms with Crippen LogP contribution in [0.1, 0.15) is 27.0 Å². The molecule has 6 heteroatoms. The molecule has 1 fully saturated rings. The highest BCUT2D eigenvalue weighted by molar-refractivity contribution is 5.96. The highest BCUT2D eigenvalue weighted by atomic mass is 16.2. The van der Waals surface area contributed by atoms with Gasteiger partial charge in [0.2, 0.25) is 5.91 Å². The van der Waals surface area contributed by atoms with Gasteiger partial charge in [0.05, 0.1) is 17.2 Å². The Morgan fingerprint density at radius 3 is 2.33 bits per heavy atom. The van der Waals surface area contributed by atoms with E-state index in [-0.39, 0.29) is 17.9 Å². The molecule has 1 aliphatic carbocycles. The first-order chi connectivity index (χ1) is 14.6. The van der Waals surface area contributed by atoms with Gasteiger partial charge in [0.25, 0.3) is 5.91 Å². The molecule has 1 aromatic heterocycles. The van der Waals surface area contributed by atoms with Crippen molar-refractivity contribution in [3.63, 3.8) is 0 Å². The lowest BCUT2D eigenvalue weighted by atomic mass is 9.73. The van der Waals surface area contributed by atoms with Crippen molar-refractivity contribution in [2.75, 3.05) is 13.1 Å². The lowest BCUT2D eigenvalue weighted by Gasteiger charge is -2.49. The second-order valence-corrected chi connectivity index (χ2v) is 8.44. The van der Waals surface area contributed by atoms with Crippen LogP contribution in [0.2, 0.25) is 0 Å². The Labute approximate surface area is 175 Å². The highest BCUT2D eigenvalue weighted by Gasteiger charge is 2.51. The van der Waals surface area contributed by atoms with Gasteiger partial charge in [0.15, 0.2) is 0 Å². The van der Waals surface area contributed by atoms with Crippen LogP contribution in [0.25, 0.3) is 0 Å².